The van der Waals surface area contributed by atoms with Gasteiger partial charge in [-0.25, -0.2) is 4.79 Å². The van der Waals surface area contributed by atoms with E-state index in [4.69, 9.17) is 4.52 Å². The highest BCUT2D eigenvalue weighted by atomic mass is 16.5. The molecule has 0 unspecified atom stereocenters. The van der Waals surface area contributed by atoms with Gasteiger partial charge in [-0.05, 0) is 19.0 Å². The Morgan fingerprint density at radius 3 is 2.64 bits per heavy atom. The van der Waals surface area contributed by atoms with Crippen LogP contribution in [0.5, 0.6) is 0 Å². The summed E-state index contributed by atoms with van der Waals surface area (Å²) < 4.78 is 5.32. The summed E-state index contributed by atoms with van der Waals surface area (Å²) in [5.74, 6) is 1.06. The van der Waals surface area contributed by atoms with E-state index in [-0.39, 0.29) is 12.1 Å². The second-order valence-corrected chi connectivity index (χ2v) is 6.30. The molecule has 2 amide bonds. The number of hydrogen-bond donors (Lipinski definition) is 1. The molecule has 1 saturated heterocycles. The molecule has 25 heavy (non-hydrogen) atoms. The number of benzene rings is 1. The number of carbonyl (C=O) groups excluding carboxylic acids is 1. The maximum absolute atomic E-state index is 12.4. The summed E-state index contributed by atoms with van der Waals surface area (Å²) in [5, 5.41) is 6.96. The van der Waals surface area contributed by atoms with Crippen LogP contribution in [0.15, 0.2) is 34.9 Å². The Morgan fingerprint density at radius 2 is 1.96 bits per heavy atom. The van der Waals surface area contributed by atoms with Crippen molar-refractivity contribution in [2.24, 2.45) is 0 Å². The van der Waals surface area contributed by atoms with Crippen molar-refractivity contribution < 1.29 is 9.32 Å². The molecule has 1 N–H and O–H groups in total. The molecular weight excluding hydrogens is 318 g/mol. The van der Waals surface area contributed by atoms with Crippen molar-refractivity contribution in [2.45, 2.75) is 26.3 Å². The number of hydrogen-bond acceptors (Lipinski definition) is 5. The van der Waals surface area contributed by atoms with E-state index in [2.05, 4.69) is 27.3 Å². The number of urea groups is 1. The number of nitrogens with zero attached hydrogens (tertiary/aromatic N) is 4. The van der Waals surface area contributed by atoms with Gasteiger partial charge < -0.3 is 19.6 Å². The molecule has 1 aliphatic heterocycles. The van der Waals surface area contributed by atoms with Gasteiger partial charge in [-0.2, -0.15) is 4.98 Å². The van der Waals surface area contributed by atoms with Crippen LogP contribution < -0.4 is 5.32 Å². The molecule has 1 aromatic carbocycles. The Morgan fingerprint density at radius 1 is 1.24 bits per heavy atom. The fourth-order valence-corrected chi connectivity index (χ4v) is 2.90. The summed E-state index contributed by atoms with van der Waals surface area (Å²) in [6, 6.07) is 9.60. The van der Waals surface area contributed by atoms with E-state index in [1.54, 1.807) is 0 Å². The quantitative estimate of drug-likeness (QED) is 0.899. The van der Waals surface area contributed by atoms with Crippen LogP contribution in [0.25, 0.3) is 0 Å². The lowest BCUT2D eigenvalue weighted by atomic mass is 10.1. The van der Waals surface area contributed by atoms with Gasteiger partial charge in [0.05, 0.1) is 0 Å². The van der Waals surface area contributed by atoms with Crippen molar-refractivity contribution in [2.75, 3.05) is 32.7 Å². The lowest BCUT2D eigenvalue weighted by Crippen LogP contribution is -2.51. The minimum atomic E-state index is -0.311. The number of rotatable bonds is 5. The minimum absolute atomic E-state index is 0.0777. The minimum Gasteiger partial charge on any atom is -0.337 e. The Labute approximate surface area is 148 Å². The second kappa shape index (κ2) is 8.11. The Kier molecular flexibility index (Phi) is 5.65. The normalized spacial score (nSPS) is 16.6. The van der Waals surface area contributed by atoms with Gasteiger partial charge in [-0.15, -0.1) is 0 Å². The maximum Gasteiger partial charge on any atom is 0.318 e. The van der Waals surface area contributed by atoms with Crippen molar-refractivity contribution in [3.05, 3.63) is 47.6 Å². The molecule has 1 fully saturated rings. The van der Waals surface area contributed by atoms with E-state index < -0.39 is 0 Å². The number of amides is 2. The summed E-state index contributed by atoms with van der Waals surface area (Å²) in [7, 11) is 0. The highest BCUT2D eigenvalue weighted by Crippen LogP contribution is 2.13. The van der Waals surface area contributed by atoms with Crippen LogP contribution >= 0.6 is 0 Å². The van der Waals surface area contributed by atoms with E-state index in [0.29, 0.717) is 18.1 Å². The molecule has 7 nitrogen and oxygen atoms in total. The smallest absolute Gasteiger partial charge is 0.318 e. The predicted octanol–water partition coefficient (Wildman–Crippen LogP) is 2.07. The van der Waals surface area contributed by atoms with Gasteiger partial charge in [0.2, 0.25) is 5.89 Å². The number of piperazine rings is 1. The maximum atomic E-state index is 12.4. The van der Waals surface area contributed by atoms with Crippen LogP contribution in [-0.2, 0) is 6.42 Å². The fourth-order valence-electron chi connectivity index (χ4n) is 2.90. The highest BCUT2D eigenvalue weighted by Gasteiger charge is 2.23. The zero-order chi connectivity index (χ0) is 17.6. The van der Waals surface area contributed by atoms with Crippen molar-refractivity contribution >= 4 is 6.03 Å². The van der Waals surface area contributed by atoms with Gasteiger partial charge in [-0.3, -0.25) is 0 Å². The van der Waals surface area contributed by atoms with Gasteiger partial charge in [0.1, 0.15) is 6.04 Å². The number of carbonyl (C=O) groups is 1. The van der Waals surface area contributed by atoms with Gasteiger partial charge in [0.15, 0.2) is 5.82 Å². The predicted molar refractivity (Wildman–Crippen MR) is 94.2 cm³/mol. The topological polar surface area (TPSA) is 74.5 Å². The molecule has 1 atom stereocenters. The Hall–Kier alpha value is -2.41. The SMILES string of the molecule is CCN1CCN(C(=O)N[C@@H](C)c2nc(Cc3ccccc3)no2)CC1. The molecule has 0 radical (unpaired) electrons. The summed E-state index contributed by atoms with van der Waals surface area (Å²) in [6.07, 6.45) is 0.615. The van der Waals surface area contributed by atoms with Crippen molar-refractivity contribution in [1.82, 2.24) is 25.3 Å². The molecule has 3 rings (SSSR count). The first-order chi connectivity index (χ1) is 12.2. The van der Waals surface area contributed by atoms with Crippen LogP contribution in [0, 0.1) is 0 Å². The Balaban J connectivity index is 1.53. The number of aromatic nitrogens is 2. The standard InChI is InChI=1S/C18H25N5O2/c1-3-22-9-11-23(12-10-22)18(24)19-14(2)17-20-16(21-25-17)13-15-7-5-4-6-8-15/h4-8,14H,3,9-13H2,1-2H3,(H,19,24)/t14-/m0/s1. The van der Waals surface area contributed by atoms with Gasteiger partial charge in [0, 0.05) is 32.6 Å². The van der Waals surface area contributed by atoms with Gasteiger partial charge in [0.25, 0.3) is 0 Å². The lowest BCUT2D eigenvalue weighted by Gasteiger charge is -2.34. The molecule has 7 heteroatoms. The zero-order valence-electron chi connectivity index (χ0n) is 14.8. The van der Waals surface area contributed by atoms with Crippen LogP contribution in [0.2, 0.25) is 0 Å². The zero-order valence-corrected chi connectivity index (χ0v) is 14.8. The molecule has 0 aliphatic carbocycles. The third kappa shape index (κ3) is 4.57. The van der Waals surface area contributed by atoms with E-state index >= 15 is 0 Å². The average molecular weight is 343 g/mol. The lowest BCUT2D eigenvalue weighted by molar-refractivity contribution is 0.140. The largest absolute Gasteiger partial charge is 0.337 e. The van der Waals surface area contributed by atoms with Gasteiger partial charge >= 0.3 is 6.03 Å². The van der Waals surface area contributed by atoms with Crippen molar-refractivity contribution in [3.63, 3.8) is 0 Å². The number of nitrogens with one attached hydrogen (secondary N) is 1. The molecule has 0 saturated carbocycles. The van der Waals surface area contributed by atoms with E-state index in [0.717, 1.165) is 38.3 Å². The molecule has 2 heterocycles. The van der Waals surface area contributed by atoms with E-state index in [1.165, 1.54) is 0 Å². The molecule has 1 aliphatic rings. The summed E-state index contributed by atoms with van der Waals surface area (Å²) in [4.78, 5) is 21.0. The summed E-state index contributed by atoms with van der Waals surface area (Å²) in [6.45, 7) is 8.35. The first kappa shape index (κ1) is 17.4. The number of likely N-dealkylation sites (N-methyl/N-ethyl adjacent to an activating group) is 1. The fraction of sp³-hybridized carbons (Fsp3) is 0.500. The van der Waals surface area contributed by atoms with Crippen LogP contribution in [0.3, 0.4) is 0 Å². The van der Waals surface area contributed by atoms with E-state index in [1.807, 2.05) is 42.2 Å². The van der Waals surface area contributed by atoms with Crippen LogP contribution in [-0.4, -0.2) is 58.7 Å². The highest BCUT2D eigenvalue weighted by molar-refractivity contribution is 5.74. The monoisotopic (exact) mass is 343 g/mol. The second-order valence-electron chi connectivity index (χ2n) is 6.30. The molecule has 134 valence electrons. The van der Waals surface area contributed by atoms with Crippen molar-refractivity contribution in [1.29, 1.82) is 0 Å². The third-order valence-corrected chi connectivity index (χ3v) is 4.51. The third-order valence-electron chi connectivity index (χ3n) is 4.51. The van der Waals surface area contributed by atoms with Gasteiger partial charge in [-0.1, -0.05) is 42.4 Å². The molecule has 2 aromatic rings. The molecule has 0 bridgehead atoms. The summed E-state index contributed by atoms with van der Waals surface area (Å²) in [5.41, 5.74) is 1.13. The van der Waals surface area contributed by atoms with E-state index in [9.17, 15) is 4.79 Å². The first-order valence-electron chi connectivity index (χ1n) is 8.80. The molecule has 0 spiro atoms. The first-order valence-corrected chi connectivity index (χ1v) is 8.80. The summed E-state index contributed by atoms with van der Waals surface area (Å²) >= 11 is 0. The van der Waals surface area contributed by atoms with Crippen LogP contribution in [0.4, 0.5) is 4.79 Å². The van der Waals surface area contributed by atoms with Crippen LogP contribution in [0.1, 0.15) is 37.2 Å². The van der Waals surface area contributed by atoms with Crippen molar-refractivity contribution in [3.8, 4) is 0 Å². The molecule has 1 aromatic heterocycles. The Bertz CT molecular complexity index is 680. The average Bonchev–Trinajstić information content (AvgIpc) is 3.11. The molecular formula is C18H25N5O2.